The van der Waals surface area contributed by atoms with Crippen molar-refractivity contribution in [1.82, 2.24) is 9.88 Å². The molecule has 2 aromatic rings. The molecule has 2 fully saturated rings. The third-order valence-electron chi connectivity index (χ3n) is 5.44. The molecule has 5 nitrogen and oxygen atoms in total. The fourth-order valence-electron chi connectivity index (χ4n) is 3.89. The van der Waals surface area contributed by atoms with Crippen LogP contribution in [0.25, 0.3) is 0 Å². The molecule has 0 bridgehead atoms. The lowest BCUT2D eigenvalue weighted by molar-refractivity contribution is 0.0303. The van der Waals surface area contributed by atoms with Crippen LogP contribution in [0.5, 0.6) is 0 Å². The number of aromatic nitrogens is 1. The SMILES string of the molecule is O=C(c1ccccc1NCc1csc(C2CCCCC2)n1)N1CCOCC1. The maximum absolute atomic E-state index is 12.9. The number of rotatable bonds is 5. The number of carbonyl (C=O) groups excluding carboxylic acids is 1. The largest absolute Gasteiger partial charge is 0.379 e. The molecular formula is C21H27N3O2S. The van der Waals surface area contributed by atoms with Crippen LogP contribution in [0.1, 0.15) is 59.1 Å². The maximum Gasteiger partial charge on any atom is 0.256 e. The Kier molecular flexibility index (Phi) is 6.04. The highest BCUT2D eigenvalue weighted by Crippen LogP contribution is 2.34. The Balaban J connectivity index is 1.41. The maximum atomic E-state index is 12.9. The molecule has 0 radical (unpaired) electrons. The van der Waals surface area contributed by atoms with E-state index in [0.717, 1.165) is 16.9 Å². The van der Waals surface area contributed by atoms with Crippen molar-refractivity contribution in [2.24, 2.45) is 0 Å². The number of nitrogens with one attached hydrogen (secondary N) is 1. The molecule has 0 spiro atoms. The molecule has 1 saturated heterocycles. The molecule has 0 unspecified atom stereocenters. The van der Waals surface area contributed by atoms with Crippen LogP contribution in [0.4, 0.5) is 5.69 Å². The molecule has 27 heavy (non-hydrogen) atoms. The van der Waals surface area contributed by atoms with Gasteiger partial charge >= 0.3 is 0 Å². The molecule has 1 aliphatic carbocycles. The summed E-state index contributed by atoms with van der Waals surface area (Å²) in [6.45, 7) is 3.19. The summed E-state index contributed by atoms with van der Waals surface area (Å²) in [6.07, 6.45) is 6.57. The summed E-state index contributed by atoms with van der Waals surface area (Å²) in [4.78, 5) is 19.6. The second-order valence-electron chi connectivity index (χ2n) is 7.32. The third kappa shape index (κ3) is 4.50. The molecule has 1 amide bonds. The van der Waals surface area contributed by atoms with E-state index in [0.29, 0.717) is 38.8 Å². The normalized spacial score (nSPS) is 18.4. The van der Waals surface area contributed by atoms with Gasteiger partial charge in [-0.05, 0) is 25.0 Å². The van der Waals surface area contributed by atoms with Gasteiger partial charge in [-0.15, -0.1) is 11.3 Å². The molecule has 1 saturated carbocycles. The second kappa shape index (κ2) is 8.85. The van der Waals surface area contributed by atoms with Gasteiger partial charge in [0.2, 0.25) is 0 Å². The highest BCUT2D eigenvalue weighted by atomic mass is 32.1. The van der Waals surface area contributed by atoms with Crippen LogP contribution >= 0.6 is 11.3 Å². The number of thiazole rings is 1. The lowest BCUT2D eigenvalue weighted by Gasteiger charge is -2.27. The number of ether oxygens (including phenoxy) is 1. The van der Waals surface area contributed by atoms with Crippen LogP contribution in [0.15, 0.2) is 29.6 Å². The Bertz CT molecular complexity index is 764. The summed E-state index contributed by atoms with van der Waals surface area (Å²) in [7, 11) is 0. The van der Waals surface area contributed by atoms with Crippen molar-refractivity contribution >= 4 is 22.9 Å². The molecule has 6 heteroatoms. The topological polar surface area (TPSA) is 54.5 Å². The first-order valence-electron chi connectivity index (χ1n) is 9.95. The molecule has 2 heterocycles. The van der Waals surface area contributed by atoms with Gasteiger partial charge in [-0.1, -0.05) is 31.4 Å². The van der Waals surface area contributed by atoms with Gasteiger partial charge in [0.25, 0.3) is 5.91 Å². The summed E-state index contributed by atoms with van der Waals surface area (Å²) in [5, 5.41) is 6.87. The highest BCUT2D eigenvalue weighted by molar-refractivity contribution is 7.09. The molecule has 1 aliphatic heterocycles. The summed E-state index contributed by atoms with van der Waals surface area (Å²) in [5.41, 5.74) is 2.66. The van der Waals surface area contributed by atoms with Crippen molar-refractivity contribution in [1.29, 1.82) is 0 Å². The number of morpholine rings is 1. The Hall–Kier alpha value is -1.92. The number of hydrogen-bond acceptors (Lipinski definition) is 5. The zero-order valence-electron chi connectivity index (χ0n) is 15.7. The van der Waals surface area contributed by atoms with E-state index in [4.69, 9.17) is 9.72 Å². The van der Waals surface area contributed by atoms with Gasteiger partial charge in [-0.3, -0.25) is 4.79 Å². The van der Waals surface area contributed by atoms with Crippen molar-refractivity contribution in [2.45, 2.75) is 44.6 Å². The lowest BCUT2D eigenvalue weighted by atomic mass is 9.90. The Labute approximate surface area is 164 Å². The minimum absolute atomic E-state index is 0.0718. The van der Waals surface area contributed by atoms with Gasteiger partial charge in [0.15, 0.2) is 0 Å². The fraction of sp³-hybridized carbons (Fsp3) is 0.524. The zero-order chi connectivity index (χ0) is 18.5. The molecular weight excluding hydrogens is 358 g/mol. The van der Waals surface area contributed by atoms with E-state index in [-0.39, 0.29) is 5.91 Å². The van der Waals surface area contributed by atoms with Crippen LogP contribution in [-0.4, -0.2) is 42.1 Å². The molecule has 1 N–H and O–H groups in total. The average molecular weight is 386 g/mol. The van der Waals surface area contributed by atoms with Gasteiger partial charge in [0.05, 0.1) is 36.0 Å². The van der Waals surface area contributed by atoms with Crippen molar-refractivity contribution in [3.8, 4) is 0 Å². The number of carbonyl (C=O) groups is 1. The highest BCUT2D eigenvalue weighted by Gasteiger charge is 2.21. The fourth-order valence-corrected chi connectivity index (χ4v) is 4.88. The zero-order valence-corrected chi connectivity index (χ0v) is 16.5. The van der Waals surface area contributed by atoms with Gasteiger partial charge < -0.3 is 15.0 Å². The first-order chi connectivity index (χ1) is 13.3. The van der Waals surface area contributed by atoms with E-state index < -0.39 is 0 Å². The molecule has 144 valence electrons. The van der Waals surface area contributed by atoms with E-state index in [9.17, 15) is 4.79 Å². The van der Waals surface area contributed by atoms with Gasteiger partial charge in [0, 0.05) is 30.1 Å². The third-order valence-corrected chi connectivity index (χ3v) is 6.50. The summed E-state index contributed by atoms with van der Waals surface area (Å²) >= 11 is 1.78. The van der Waals surface area contributed by atoms with E-state index in [2.05, 4.69) is 10.7 Å². The van der Waals surface area contributed by atoms with Gasteiger partial charge in [-0.2, -0.15) is 0 Å². The van der Waals surface area contributed by atoms with Crippen LogP contribution in [0.3, 0.4) is 0 Å². The quantitative estimate of drug-likeness (QED) is 0.835. The Morgan fingerprint density at radius 2 is 1.96 bits per heavy atom. The summed E-state index contributed by atoms with van der Waals surface area (Å²) in [6, 6.07) is 7.76. The number of hydrogen-bond donors (Lipinski definition) is 1. The monoisotopic (exact) mass is 385 g/mol. The number of benzene rings is 1. The minimum atomic E-state index is 0.0718. The molecule has 2 aliphatic rings. The second-order valence-corrected chi connectivity index (χ2v) is 8.21. The molecule has 1 aromatic heterocycles. The van der Waals surface area contributed by atoms with E-state index in [1.807, 2.05) is 29.2 Å². The molecule has 1 aromatic carbocycles. The Morgan fingerprint density at radius 3 is 2.78 bits per heavy atom. The van der Waals surface area contributed by atoms with E-state index in [1.54, 1.807) is 11.3 Å². The first-order valence-corrected chi connectivity index (χ1v) is 10.8. The van der Waals surface area contributed by atoms with Crippen molar-refractivity contribution in [2.75, 3.05) is 31.6 Å². The minimum Gasteiger partial charge on any atom is -0.379 e. The van der Waals surface area contributed by atoms with Crippen LogP contribution in [-0.2, 0) is 11.3 Å². The molecule has 4 rings (SSSR count). The van der Waals surface area contributed by atoms with Crippen molar-refractivity contribution < 1.29 is 9.53 Å². The van der Waals surface area contributed by atoms with Crippen LogP contribution in [0, 0.1) is 0 Å². The van der Waals surface area contributed by atoms with Gasteiger partial charge in [0.1, 0.15) is 0 Å². The number of anilines is 1. The first kappa shape index (κ1) is 18.4. The average Bonchev–Trinajstić information content (AvgIpc) is 3.22. The van der Waals surface area contributed by atoms with E-state index in [1.165, 1.54) is 37.1 Å². The Morgan fingerprint density at radius 1 is 1.19 bits per heavy atom. The summed E-state index contributed by atoms with van der Waals surface area (Å²) in [5.74, 6) is 0.718. The van der Waals surface area contributed by atoms with Crippen LogP contribution < -0.4 is 5.32 Å². The molecule has 0 atom stereocenters. The number of amides is 1. The van der Waals surface area contributed by atoms with E-state index >= 15 is 0 Å². The summed E-state index contributed by atoms with van der Waals surface area (Å²) < 4.78 is 5.36. The van der Waals surface area contributed by atoms with Gasteiger partial charge in [-0.25, -0.2) is 4.98 Å². The predicted molar refractivity (Wildman–Crippen MR) is 108 cm³/mol. The van der Waals surface area contributed by atoms with Crippen molar-refractivity contribution in [3.05, 3.63) is 45.9 Å². The lowest BCUT2D eigenvalue weighted by Crippen LogP contribution is -2.40. The number of nitrogens with zero attached hydrogens (tertiary/aromatic N) is 2. The number of para-hydroxylation sites is 1. The standard InChI is InChI=1S/C21H27N3O2S/c25-21(24-10-12-26-13-11-24)18-8-4-5-9-19(18)22-14-17-15-27-20(23-17)16-6-2-1-3-7-16/h4-5,8-9,15-16,22H,1-3,6-7,10-14H2. The van der Waals surface area contributed by atoms with Crippen molar-refractivity contribution in [3.63, 3.8) is 0 Å². The smallest absolute Gasteiger partial charge is 0.256 e. The predicted octanol–water partition coefficient (Wildman–Crippen LogP) is 4.28. The van der Waals surface area contributed by atoms with Crippen LogP contribution in [0.2, 0.25) is 0 Å².